The Morgan fingerprint density at radius 3 is 2.38 bits per heavy atom. The largest absolute Gasteiger partial charge is 0.507 e. The molecule has 3 aromatic rings. The second-order valence-electron chi connectivity index (χ2n) is 5.63. The van der Waals surface area contributed by atoms with E-state index in [1.807, 2.05) is 12.1 Å². The number of carbonyl (C=O) groups is 2. The van der Waals surface area contributed by atoms with Crippen molar-refractivity contribution < 1.29 is 14.7 Å². The lowest BCUT2D eigenvalue weighted by Crippen LogP contribution is -2.38. The van der Waals surface area contributed by atoms with Crippen molar-refractivity contribution in [3.63, 3.8) is 0 Å². The van der Waals surface area contributed by atoms with Gasteiger partial charge in [0.15, 0.2) is 0 Å². The van der Waals surface area contributed by atoms with E-state index in [1.54, 1.807) is 54.6 Å². The van der Waals surface area contributed by atoms with Crippen LogP contribution in [0, 0.1) is 0 Å². The summed E-state index contributed by atoms with van der Waals surface area (Å²) in [5, 5.41) is 18.1. The zero-order valence-corrected chi connectivity index (χ0v) is 13.8. The third-order valence-corrected chi connectivity index (χ3v) is 4.01. The van der Waals surface area contributed by atoms with E-state index >= 15 is 0 Å². The van der Waals surface area contributed by atoms with Crippen LogP contribution in [-0.2, 0) is 4.79 Å². The monoisotopic (exact) mass is 347 g/mol. The van der Waals surface area contributed by atoms with Gasteiger partial charge in [0.25, 0.3) is 11.8 Å². The van der Waals surface area contributed by atoms with Crippen molar-refractivity contribution in [2.75, 3.05) is 0 Å². The van der Waals surface area contributed by atoms with Crippen LogP contribution in [0.3, 0.4) is 0 Å². The van der Waals surface area contributed by atoms with Crippen molar-refractivity contribution in [1.82, 2.24) is 10.7 Å². The lowest BCUT2D eigenvalue weighted by atomic mass is 9.99. The summed E-state index contributed by atoms with van der Waals surface area (Å²) in [4.78, 5) is 24.9. The molecule has 0 heterocycles. The maximum Gasteiger partial charge on any atom is 0.267 e. The number of phenols is 1. The number of hydrogen-bond donors (Lipinski definition) is 3. The number of rotatable bonds is 5. The molecule has 3 N–H and O–H groups in total. The Hall–Kier alpha value is -3.67. The third-order valence-electron chi connectivity index (χ3n) is 4.01. The Morgan fingerprint density at radius 1 is 0.962 bits per heavy atom. The summed E-state index contributed by atoms with van der Waals surface area (Å²) >= 11 is 0. The van der Waals surface area contributed by atoms with Crippen LogP contribution in [0.5, 0.6) is 5.75 Å². The molecule has 0 aliphatic heterocycles. The number of nitrogens with one attached hydrogen (secondary N) is 2. The summed E-state index contributed by atoms with van der Waals surface area (Å²) in [6.45, 7) is 3.23. The van der Waals surface area contributed by atoms with Crippen molar-refractivity contribution in [3.8, 4) is 5.75 Å². The summed E-state index contributed by atoms with van der Waals surface area (Å²) in [6, 6.07) is 18.0. The number of hydrazone groups is 1. The van der Waals surface area contributed by atoms with Crippen molar-refractivity contribution in [2.24, 2.45) is 5.10 Å². The first-order chi connectivity index (χ1) is 12.6. The van der Waals surface area contributed by atoms with Gasteiger partial charge in [-0.3, -0.25) is 9.59 Å². The van der Waals surface area contributed by atoms with Crippen LogP contribution in [0.25, 0.3) is 10.8 Å². The molecule has 1 unspecified atom stereocenters. The first-order valence-electron chi connectivity index (χ1n) is 7.94. The molecule has 0 aliphatic carbocycles. The smallest absolute Gasteiger partial charge is 0.267 e. The molecule has 2 amide bonds. The number of amides is 2. The average molecular weight is 347 g/mol. The summed E-state index contributed by atoms with van der Waals surface area (Å²) in [5.41, 5.74) is 2.90. The van der Waals surface area contributed by atoms with E-state index in [0.717, 1.165) is 5.39 Å². The molecule has 3 aromatic carbocycles. The van der Waals surface area contributed by atoms with Gasteiger partial charge in [0.2, 0.25) is 0 Å². The van der Waals surface area contributed by atoms with Gasteiger partial charge >= 0.3 is 0 Å². The van der Waals surface area contributed by atoms with Gasteiger partial charge in [0, 0.05) is 23.2 Å². The molecular formula is C20H17N3O3. The molecule has 130 valence electrons. The highest BCUT2D eigenvalue weighted by molar-refractivity contribution is 5.99. The van der Waals surface area contributed by atoms with E-state index in [-0.39, 0.29) is 11.3 Å². The molecule has 0 saturated heterocycles. The fraction of sp³-hybridized carbons (Fsp3) is 0.0500. The molecule has 0 aromatic heterocycles. The van der Waals surface area contributed by atoms with Gasteiger partial charge in [-0.1, -0.05) is 54.6 Å². The SMILES string of the molecule is C=NNC(=O)C(NC(=O)c1ccccc1)c1ccc2ccccc2c1O. The number of aromatic hydroxyl groups is 1. The Kier molecular flexibility index (Phi) is 4.94. The molecule has 0 bridgehead atoms. The van der Waals surface area contributed by atoms with Crippen LogP contribution >= 0.6 is 0 Å². The molecule has 0 radical (unpaired) electrons. The average Bonchev–Trinajstić information content (AvgIpc) is 2.68. The molecule has 1 atom stereocenters. The second-order valence-corrected chi connectivity index (χ2v) is 5.63. The Bertz CT molecular complexity index is 970. The van der Waals surface area contributed by atoms with Crippen LogP contribution < -0.4 is 10.7 Å². The number of nitrogens with zero attached hydrogens (tertiary/aromatic N) is 1. The molecule has 0 spiro atoms. The van der Waals surface area contributed by atoms with Crippen molar-refractivity contribution in [2.45, 2.75) is 6.04 Å². The van der Waals surface area contributed by atoms with Crippen LogP contribution in [0.2, 0.25) is 0 Å². The predicted octanol–water partition coefficient (Wildman–Crippen LogP) is 2.75. The molecule has 3 rings (SSSR count). The topological polar surface area (TPSA) is 90.8 Å². The van der Waals surface area contributed by atoms with E-state index in [4.69, 9.17) is 0 Å². The molecule has 6 heteroatoms. The highest BCUT2D eigenvalue weighted by Gasteiger charge is 2.26. The summed E-state index contributed by atoms with van der Waals surface area (Å²) in [6.07, 6.45) is 0. The van der Waals surface area contributed by atoms with Crippen LogP contribution in [-0.4, -0.2) is 23.6 Å². The predicted molar refractivity (Wildman–Crippen MR) is 100.0 cm³/mol. The van der Waals surface area contributed by atoms with Crippen LogP contribution in [0.15, 0.2) is 71.8 Å². The van der Waals surface area contributed by atoms with E-state index < -0.39 is 17.9 Å². The Balaban J connectivity index is 2.01. The number of hydrogen-bond acceptors (Lipinski definition) is 4. The van der Waals surface area contributed by atoms with Gasteiger partial charge in [0.1, 0.15) is 11.8 Å². The highest BCUT2D eigenvalue weighted by Crippen LogP contribution is 2.32. The Morgan fingerprint density at radius 2 is 1.65 bits per heavy atom. The van der Waals surface area contributed by atoms with Gasteiger partial charge in [0.05, 0.1) is 0 Å². The zero-order chi connectivity index (χ0) is 18.5. The lowest BCUT2D eigenvalue weighted by Gasteiger charge is -2.19. The maximum atomic E-state index is 12.5. The minimum Gasteiger partial charge on any atom is -0.507 e. The van der Waals surface area contributed by atoms with Crippen molar-refractivity contribution >= 4 is 29.3 Å². The molecule has 26 heavy (non-hydrogen) atoms. The fourth-order valence-corrected chi connectivity index (χ4v) is 2.74. The molecule has 0 saturated carbocycles. The fourth-order valence-electron chi connectivity index (χ4n) is 2.74. The minimum absolute atomic E-state index is 0.0688. The molecule has 0 aliphatic rings. The second kappa shape index (κ2) is 7.48. The minimum atomic E-state index is -1.13. The van der Waals surface area contributed by atoms with E-state index in [2.05, 4.69) is 22.6 Å². The normalized spacial score (nSPS) is 11.5. The van der Waals surface area contributed by atoms with Gasteiger partial charge in [-0.15, -0.1) is 0 Å². The molecule has 6 nitrogen and oxygen atoms in total. The van der Waals surface area contributed by atoms with Crippen LogP contribution in [0.4, 0.5) is 0 Å². The van der Waals surface area contributed by atoms with E-state index in [9.17, 15) is 14.7 Å². The van der Waals surface area contributed by atoms with Crippen LogP contribution in [0.1, 0.15) is 22.0 Å². The van der Waals surface area contributed by atoms with Gasteiger partial charge < -0.3 is 10.4 Å². The van der Waals surface area contributed by atoms with E-state index in [1.165, 1.54) is 0 Å². The number of fused-ring (bicyclic) bond motifs is 1. The third kappa shape index (κ3) is 3.39. The van der Waals surface area contributed by atoms with Gasteiger partial charge in [-0.25, -0.2) is 5.43 Å². The standard InChI is InChI=1S/C20H17N3O3/c1-21-23-20(26)17(22-19(25)14-8-3-2-4-9-14)16-12-11-13-7-5-6-10-15(13)18(16)24/h2-12,17,24H,1H2,(H,22,25)(H,23,26). The molecule has 0 fully saturated rings. The highest BCUT2D eigenvalue weighted by atomic mass is 16.3. The number of benzene rings is 3. The maximum absolute atomic E-state index is 12.5. The van der Waals surface area contributed by atoms with E-state index in [0.29, 0.717) is 10.9 Å². The first kappa shape index (κ1) is 17.2. The summed E-state index contributed by atoms with van der Waals surface area (Å²) in [7, 11) is 0. The summed E-state index contributed by atoms with van der Waals surface area (Å²) in [5.74, 6) is -1.11. The summed E-state index contributed by atoms with van der Waals surface area (Å²) < 4.78 is 0. The Labute approximate surface area is 150 Å². The number of carbonyl (C=O) groups excluding carboxylic acids is 2. The zero-order valence-electron chi connectivity index (χ0n) is 13.8. The van der Waals surface area contributed by atoms with Gasteiger partial charge in [-0.05, 0) is 17.5 Å². The van der Waals surface area contributed by atoms with Crippen molar-refractivity contribution in [3.05, 3.63) is 77.9 Å². The lowest BCUT2D eigenvalue weighted by molar-refractivity contribution is -0.123. The quantitative estimate of drug-likeness (QED) is 0.490. The van der Waals surface area contributed by atoms with Gasteiger partial charge in [-0.2, -0.15) is 5.10 Å². The van der Waals surface area contributed by atoms with Crippen molar-refractivity contribution in [1.29, 1.82) is 0 Å². The first-order valence-corrected chi connectivity index (χ1v) is 7.94. The number of phenolic OH excluding ortho intramolecular Hbond substituents is 1. The molecular weight excluding hydrogens is 330 g/mol.